The fourth-order valence-electron chi connectivity index (χ4n) is 3.35. The number of nitrogens with one attached hydrogen (secondary N) is 1. The van der Waals surface area contributed by atoms with Gasteiger partial charge in [0, 0.05) is 18.7 Å². The van der Waals surface area contributed by atoms with Gasteiger partial charge in [0.1, 0.15) is 5.69 Å². The molecule has 4 nitrogen and oxygen atoms in total. The van der Waals surface area contributed by atoms with E-state index in [1.807, 2.05) is 25.1 Å². The molecule has 1 aromatic carbocycles. The van der Waals surface area contributed by atoms with Gasteiger partial charge in [0.2, 0.25) is 0 Å². The van der Waals surface area contributed by atoms with Crippen LogP contribution >= 0.6 is 24.0 Å². The van der Waals surface area contributed by atoms with Gasteiger partial charge in [0.05, 0.1) is 5.02 Å². The van der Waals surface area contributed by atoms with Crippen molar-refractivity contribution in [3.8, 4) is 11.5 Å². The Morgan fingerprint density at radius 1 is 1.17 bits per heavy atom. The SMILES string of the molecule is C[C@]1(c2ccc(Cl)cn2)Oc2cccc(C3CCNCC3)c2O1.Cl. The second-order valence-corrected chi connectivity index (χ2v) is 6.65. The predicted octanol–water partition coefficient (Wildman–Crippen LogP) is 4.27. The molecule has 3 heterocycles. The first-order chi connectivity index (χ1) is 11.2. The van der Waals surface area contributed by atoms with E-state index >= 15 is 0 Å². The lowest BCUT2D eigenvalue weighted by molar-refractivity contribution is -0.0722. The van der Waals surface area contributed by atoms with Gasteiger partial charge in [-0.15, -0.1) is 12.4 Å². The Labute approximate surface area is 152 Å². The number of aromatic nitrogens is 1. The Hall–Kier alpha value is -1.49. The van der Waals surface area contributed by atoms with Crippen LogP contribution in [0, 0.1) is 0 Å². The molecule has 0 bridgehead atoms. The number of halogens is 2. The van der Waals surface area contributed by atoms with Crippen molar-refractivity contribution in [2.24, 2.45) is 0 Å². The van der Waals surface area contributed by atoms with Gasteiger partial charge in [-0.1, -0.05) is 23.7 Å². The van der Waals surface area contributed by atoms with Gasteiger partial charge < -0.3 is 14.8 Å². The van der Waals surface area contributed by atoms with Crippen molar-refractivity contribution in [2.45, 2.75) is 31.5 Å². The summed E-state index contributed by atoms with van der Waals surface area (Å²) in [4.78, 5) is 4.37. The van der Waals surface area contributed by atoms with Gasteiger partial charge in [0.25, 0.3) is 5.79 Å². The van der Waals surface area contributed by atoms with E-state index in [9.17, 15) is 0 Å². The third kappa shape index (κ3) is 3.06. The topological polar surface area (TPSA) is 43.4 Å². The molecule has 6 heteroatoms. The highest BCUT2D eigenvalue weighted by molar-refractivity contribution is 6.30. The number of pyridine rings is 1. The third-order valence-corrected chi connectivity index (χ3v) is 4.81. The fraction of sp³-hybridized carbons (Fsp3) is 0.389. The Morgan fingerprint density at radius 2 is 1.96 bits per heavy atom. The summed E-state index contributed by atoms with van der Waals surface area (Å²) in [5, 5.41) is 4.01. The minimum atomic E-state index is -0.907. The minimum absolute atomic E-state index is 0. The van der Waals surface area contributed by atoms with E-state index in [-0.39, 0.29) is 12.4 Å². The van der Waals surface area contributed by atoms with Gasteiger partial charge in [-0.3, -0.25) is 4.98 Å². The predicted molar refractivity (Wildman–Crippen MR) is 96.4 cm³/mol. The summed E-state index contributed by atoms with van der Waals surface area (Å²) >= 11 is 5.93. The van der Waals surface area contributed by atoms with Crippen molar-refractivity contribution in [3.05, 3.63) is 52.8 Å². The first-order valence-corrected chi connectivity index (χ1v) is 8.37. The van der Waals surface area contributed by atoms with Crippen LogP contribution in [-0.2, 0) is 5.79 Å². The van der Waals surface area contributed by atoms with E-state index in [0.29, 0.717) is 10.9 Å². The van der Waals surface area contributed by atoms with Crippen LogP contribution in [0.4, 0.5) is 0 Å². The maximum absolute atomic E-state index is 6.26. The maximum Gasteiger partial charge on any atom is 0.292 e. The second kappa shape index (κ2) is 6.79. The van der Waals surface area contributed by atoms with Crippen LogP contribution in [0.3, 0.4) is 0 Å². The molecule has 2 aromatic rings. The number of ether oxygens (including phenoxy) is 2. The summed E-state index contributed by atoms with van der Waals surface area (Å²) in [5.74, 6) is 1.25. The number of fused-ring (bicyclic) bond motifs is 1. The van der Waals surface area contributed by atoms with Crippen LogP contribution in [0.15, 0.2) is 36.5 Å². The smallest absolute Gasteiger partial charge is 0.292 e. The van der Waals surface area contributed by atoms with Crippen molar-refractivity contribution in [2.75, 3.05) is 13.1 Å². The lowest BCUT2D eigenvalue weighted by Gasteiger charge is -2.25. The summed E-state index contributed by atoms with van der Waals surface area (Å²) in [7, 11) is 0. The lowest BCUT2D eigenvalue weighted by Crippen LogP contribution is -2.32. The molecule has 0 aliphatic carbocycles. The lowest BCUT2D eigenvalue weighted by atomic mass is 9.89. The molecule has 1 aromatic heterocycles. The monoisotopic (exact) mass is 366 g/mol. The van der Waals surface area contributed by atoms with Crippen molar-refractivity contribution in [1.29, 1.82) is 0 Å². The maximum atomic E-state index is 6.26. The summed E-state index contributed by atoms with van der Waals surface area (Å²) in [6.45, 7) is 3.99. The fourth-order valence-corrected chi connectivity index (χ4v) is 3.46. The molecule has 1 saturated heterocycles. The minimum Gasteiger partial charge on any atom is -0.443 e. The summed E-state index contributed by atoms with van der Waals surface area (Å²) < 4.78 is 12.4. The van der Waals surface area contributed by atoms with Crippen molar-refractivity contribution < 1.29 is 9.47 Å². The molecule has 4 rings (SSSR count). The summed E-state index contributed by atoms with van der Waals surface area (Å²) in [6.07, 6.45) is 3.86. The molecule has 128 valence electrons. The number of rotatable bonds is 2. The number of benzene rings is 1. The number of hydrogen-bond donors (Lipinski definition) is 1. The highest BCUT2D eigenvalue weighted by atomic mass is 35.5. The molecule has 0 amide bonds. The molecule has 0 unspecified atom stereocenters. The first kappa shape index (κ1) is 17.3. The average molecular weight is 367 g/mol. The van der Waals surface area contributed by atoms with Crippen molar-refractivity contribution >= 4 is 24.0 Å². The highest BCUT2D eigenvalue weighted by Gasteiger charge is 2.42. The van der Waals surface area contributed by atoms with E-state index in [2.05, 4.69) is 16.4 Å². The van der Waals surface area contributed by atoms with E-state index in [0.717, 1.165) is 43.1 Å². The van der Waals surface area contributed by atoms with E-state index in [1.54, 1.807) is 12.3 Å². The molecule has 0 radical (unpaired) electrons. The molecule has 2 aliphatic rings. The Morgan fingerprint density at radius 3 is 2.67 bits per heavy atom. The summed E-state index contributed by atoms with van der Waals surface area (Å²) in [5.41, 5.74) is 1.95. The van der Waals surface area contributed by atoms with Crippen LogP contribution in [0.1, 0.15) is 36.9 Å². The van der Waals surface area contributed by atoms with Gasteiger partial charge in [-0.05, 0) is 50.0 Å². The average Bonchev–Trinajstić information content (AvgIpc) is 2.93. The zero-order valence-corrected chi connectivity index (χ0v) is 15.0. The van der Waals surface area contributed by atoms with E-state index in [4.69, 9.17) is 21.1 Å². The van der Waals surface area contributed by atoms with Crippen LogP contribution in [-0.4, -0.2) is 18.1 Å². The number of piperidine rings is 1. The zero-order chi connectivity index (χ0) is 15.9. The largest absolute Gasteiger partial charge is 0.443 e. The van der Waals surface area contributed by atoms with E-state index < -0.39 is 5.79 Å². The quantitative estimate of drug-likeness (QED) is 0.861. The van der Waals surface area contributed by atoms with Gasteiger partial charge in [-0.2, -0.15) is 0 Å². The normalized spacial score (nSPS) is 22.9. The summed E-state index contributed by atoms with van der Waals surface area (Å²) in [6, 6.07) is 9.80. The van der Waals surface area contributed by atoms with Crippen molar-refractivity contribution in [3.63, 3.8) is 0 Å². The standard InChI is InChI=1S/C18H19ClN2O2.ClH/c1-18(16-6-5-13(19)11-21-16)22-15-4-2-3-14(17(15)23-18)12-7-9-20-10-8-12;/h2-6,11-12,20H,7-10H2,1H3;1H/t18-;/m0./s1. The number of hydrogen-bond acceptors (Lipinski definition) is 4. The molecule has 2 aliphatic heterocycles. The van der Waals surface area contributed by atoms with Crippen LogP contribution in [0.2, 0.25) is 5.02 Å². The Bertz CT molecular complexity index is 717. The molecule has 1 N–H and O–H groups in total. The molecular formula is C18H20Cl2N2O2. The van der Waals surface area contributed by atoms with Crippen LogP contribution < -0.4 is 14.8 Å². The molecule has 0 spiro atoms. The van der Waals surface area contributed by atoms with Gasteiger partial charge in [-0.25, -0.2) is 0 Å². The molecule has 1 atom stereocenters. The molecule has 24 heavy (non-hydrogen) atoms. The zero-order valence-electron chi connectivity index (χ0n) is 13.4. The molecule has 1 fully saturated rings. The third-order valence-electron chi connectivity index (χ3n) is 4.58. The highest BCUT2D eigenvalue weighted by Crippen LogP contribution is 2.48. The Kier molecular flexibility index (Phi) is 4.90. The number of nitrogens with zero attached hydrogens (tertiary/aromatic N) is 1. The van der Waals surface area contributed by atoms with Crippen LogP contribution in [0.25, 0.3) is 0 Å². The number of para-hydroxylation sites is 1. The van der Waals surface area contributed by atoms with Crippen LogP contribution in [0.5, 0.6) is 11.5 Å². The molecular weight excluding hydrogens is 347 g/mol. The Balaban J connectivity index is 0.00000169. The van der Waals surface area contributed by atoms with E-state index in [1.165, 1.54) is 5.56 Å². The van der Waals surface area contributed by atoms with Gasteiger partial charge in [0.15, 0.2) is 11.5 Å². The van der Waals surface area contributed by atoms with Crippen molar-refractivity contribution in [1.82, 2.24) is 10.3 Å². The molecule has 0 saturated carbocycles. The first-order valence-electron chi connectivity index (χ1n) is 7.99. The van der Waals surface area contributed by atoms with Gasteiger partial charge >= 0.3 is 0 Å². The second-order valence-electron chi connectivity index (χ2n) is 6.21.